The first-order valence-corrected chi connectivity index (χ1v) is 8.64. The molecule has 6 heteroatoms. The summed E-state index contributed by atoms with van der Waals surface area (Å²) in [4.78, 5) is 6.89. The van der Waals surface area contributed by atoms with Crippen molar-refractivity contribution in [3.63, 3.8) is 0 Å². The van der Waals surface area contributed by atoms with Gasteiger partial charge in [-0.3, -0.25) is 4.90 Å². The summed E-state index contributed by atoms with van der Waals surface area (Å²) in [6.07, 6.45) is 2.45. The number of hydrogen-bond donors (Lipinski definition) is 1. The maximum atomic E-state index is 5.90. The molecule has 1 aromatic carbocycles. The Balaban J connectivity index is 1.53. The lowest BCUT2D eigenvalue weighted by Crippen LogP contribution is -2.36. The van der Waals surface area contributed by atoms with E-state index in [1.165, 1.54) is 12.8 Å². The molecular weight excluding hydrogens is 312 g/mol. The van der Waals surface area contributed by atoms with E-state index in [0.29, 0.717) is 16.7 Å². The van der Waals surface area contributed by atoms with Crippen molar-refractivity contribution in [1.82, 2.24) is 20.4 Å². The predicted octanol–water partition coefficient (Wildman–Crippen LogP) is 3.21. The lowest BCUT2D eigenvalue weighted by atomic mass is 9.97. The molecule has 0 unspecified atom stereocenters. The molecule has 0 radical (unpaired) electrons. The van der Waals surface area contributed by atoms with Gasteiger partial charge in [-0.1, -0.05) is 23.7 Å². The fraction of sp³-hybridized carbons (Fsp3) is 0.529. The lowest BCUT2D eigenvalue weighted by molar-refractivity contribution is 0.158. The Bertz CT molecular complexity index is 605. The van der Waals surface area contributed by atoms with E-state index in [1.807, 2.05) is 24.3 Å². The number of nitrogens with one attached hydrogen (secondary N) is 1. The molecule has 2 aromatic rings. The van der Waals surface area contributed by atoms with Gasteiger partial charge >= 0.3 is 0 Å². The molecule has 1 aliphatic rings. The van der Waals surface area contributed by atoms with Crippen LogP contribution in [0, 0.1) is 5.92 Å². The molecule has 1 N–H and O–H groups in total. The van der Waals surface area contributed by atoms with Crippen LogP contribution in [-0.2, 0) is 6.54 Å². The molecule has 1 aliphatic heterocycles. The van der Waals surface area contributed by atoms with E-state index in [4.69, 9.17) is 16.1 Å². The van der Waals surface area contributed by atoms with E-state index in [9.17, 15) is 0 Å². The normalized spacial score (nSPS) is 16.8. The highest BCUT2D eigenvalue weighted by atomic mass is 35.5. The number of piperidine rings is 1. The first-order chi connectivity index (χ1) is 11.2. The minimum atomic E-state index is 0.624. The van der Waals surface area contributed by atoms with Crippen molar-refractivity contribution in [3.05, 3.63) is 35.2 Å². The van der Waals surface area contributed by atoms with Crippen LogP contribution in [0.2, 0.25) is 5.02 Å². The lowest BCUT2D eigenvalue weighted by Gasteiger charge is -2.30. The van der Waals surface area contributed by atoms with Crippen LogP contribution in [0.4, 0.5) is 0 Å². The summed E-state index contributed by atoms with van der Waals surface area (Å²) < 4.78 is 5.40. The van der Waals surface area contributed by atoms with Gasteiger partial charge in [0.1, 0.15) is 0 Å². The molecule has 1 aromatic heterocycles. The van der Waals surface area contributed by atoms with Gasteiger partial charge in [0, 0.05) is 10.6 Å². The molecule has 0 spiro atoms. The number of hydrogen-bond acceptors (Lipinski definition) is 5. The molecule has 5 nitrogen and oxygen atoms in total. The Morgan fingerprint density at radius 1 is 1.26 bits per heavy atom. The van der Waals surface area contributed by atoms with Crippen LogP contribution in [0.5, 0.6) is 0 Å². The maximum absolute atomic E-state index is 5.90. The van der Waals surface area contributed by atoms with Crippen molar-refractivity contribution < 1.29 is 4.52 Å². The number of benzene rings is 1. The first-order valence-electron chi connectivity index (χ1n) is 8.26. The van der Waals surface area contributed by atoms with Crippen molar-refractivity contribution in [2.75, 3.05) is 26.2 Å². The third-order valence-electron chi connectivity index (χ3n) is 4.32. The molecule has 0 aliphatic carbocycles. The zero-order valence-electron chi connectivity index (χ0n) is 13.5. The third kappa shape index (κ3) is 4.53. The summed E-state index contributed by atoms with van der Waals surface area (Å²) in [6, 6.07) is 7.48. The number of rotatable bonds is 6. The van der Waals surface area contributed by atoms with Crippen LogP contribution in [0.25, 0.3) is 11.4 Å². The quantitative estimate of drug-likeness (QED) is 0.879. The molecular formula is C17H23ClN4O. The summed E-state index contributed by atoms with van der Waals surface area (Å²) in [6.45, 7) is 7.25. The monoisotopic (exact) mass is 334 g/mol. The van der Waals surface area contributed by atoms with Crippen molar-refractivity contribution in [3.8, 4) is 11.4 Å². The van der Waals surface area contributed by atoms with Gasteiger partial charge < -0.3 is 9.84 Å². The Morgan fingerprint density at radius 2 is 2.00 bits per heavy atom. The largest absolute Gasteiger partial charge is 0.338 e. The van der Waals surface area contributed by atoms with Gasteiger partial charge in [-0.2, -0.15) is 4.98 Å². The van der Waals surface area contributed by atoms with E-state index in [2.05, 4.69) is 27.3 Å². The van der Waals surface area contributed by atoms with Gasteiger partial charge in [0.25, 0.3) is 0 Å². The number of likely N-dealkylation sites (tertiary alicyclic amines) is 1. The number of nitrogens with zero attached hydrogens (tertiary/aromatic N) is 3. The van der Waals surface area contributed by atoms with Crippen LogP contribution >= 0.6 is 11.6 Å². The summed E-state index contributed by atoms with van der Waals surface area (Å²) in [5, 5.41) is 8.22. The van der Waals surface area contributed by atoms with Gasteiger partial charge in [0.15, 0.2) is 0 Å². The molecule has 1 fully saturated rings. The van der Waals surface area contributed by atoms with Crippen LogP contribution in [-0.4, -0.2) is 41.2 Å². The van der Waals surface area contributed by atoms with Crippen molar-refractivity contribution in [1.29, 1.82) is 0 Å². The third-order valence-corrected chi connectivity index (χ3v) is 4.57. The fourth-order valence-electron chi connectivity index (χ4n) is 2.92. The molecule has 2 heterocycles. The van der Waals surface area contributed by atoms with E-state index in [-0.39, 0.29) is 0 Å². The zero-order chi connectivity index (χ0) is 16.1. The van der Waals surface area contributed by atoms with E-state index >= 15 is 0 Å². The summed E-state index contributed by atoms with van der Waals surface area (Å²) in [5.41, 5.74) is 0.925. The second kappa shape index (κ2) is 7.90. The SMILES string of the molecule is CCNCC1CCN(Cc2nc(-c3ccc(Cl)cc3)no2)CC1. The number of aromatic nitrogens is 2. The fourth-order valence-corrected chi connectivity index (χ4v) is 3.05. The molecule has 3 rings (SSSR count). The Morgan fingerprint density at radius 3 is 2.70 bits per heavy atom. The summed E-state index contributed by atoms with van der Waals surface area (Å²) in [7, 11) is 0. The second-order valence-electron chi connectivity index (χ2n) is 6.05. The molecule has 0 amide bonds. The molecule has 124 valence electrons. The van der Waals surface area contributed by atoms with E-state index in [1.54, 1.807) is 0 Å². The van der Waals surface area contributed by atoms with Gasteiger partial charge in [0.2, 0.25) is 11.7 Å². The second-order valence-corrected chi connectivity index (χ2v) is 6.48. The number of halogens is 1. The topological polar surface area (TPSA) is 54.2 Å². The van der Waals surface area contributed by atoms with Gasteiger partial charge in [-0.15, -0.1) is 0 Å². The van der Waals surface area contributed by atoms with Crippen LogP contribution in [0.1, 0.15) is 25.7 Å². The summed E-state index contributed by atoms with van der Waals surface area (Å²) in [5.74, 6) is 2.09. The molecule has 0 saturated carbocycles. The van der Waals surface area contributed by atoms with Gasteiger partial charge in [0.05, 0.1) is 6.54 Å². The van der Waals surface area contributed by atoms with Gasteiger partial charge in [-0.25, -0.2) is 0 Å². The highest BCUT2D eigenvalue weighted by Crippen LogP contribution is 2.21. The maximum Gasteiger partial charge on any atom is 0.241 e. The van der Waals surface area contributed by atoms with Crippen molar-refractivity contribution in [2.24, 2.45) is 5.92 Å². The van der Waals surface area contributed by atoms with Crippen molar-refractivity contribution >= 4 is 11.6 Å². The average molecular weight is 335 g/mol. The Kier molecular flexibility index (Phi) is 5.65. The Hall–Kier alpha value is -1.43. The summed E-state index contributed by atoms with van der Waals surface area (Å²) >= 11 is 5.90. The highest BCUT2D eigenvalue weighted by Gasteiger charge is 2.20. The van der Waals surface area contributed by atoms with Crippen LogP contribution in [0.3, 0.4) is 0 Å². The Labute approximate surface area is 142 Å². The zero-order valence-corrected chi connectivity index (χ0v) is 14.2. The molecule has 23 heavy (non-hydrogen) atoms. The minimum Gasteiger partial charge on any atom is -0.338 e. The molecule has 0 bridgehead atoms. The average Bonchev–Trinajstić information content (AvgIpc) is 3.03. The van der Waals surface area contributed by atoms with E-state index < -0.39 is 0 Å². The van der Waals surface area contributed by atoms with Crippen LogP contribution < -0.4 is 5.32 Å². The van der Waals surface area contributed by atoms with Gasteiger partial charge in [-0.05, 0) is 69.2 Å². The molecule has 0 atom stereocenters. The van der Waals surface area contributed by atoms with E-state index in [0.717, 1.165) is 44.2 Å². The molecule has 1 saturated heterocycles. The van der Waals surface area contributed by atoms with Crippen LogP contribution in [0.15, 0.2) is 28.8 Å². The predicted molar refractivity (Wildman–Crippen MR) is 91.3 cm³/mol. The minimum absolute atomic E-state index is 0.624. The standard InChI is InChI=1S/C17H23ClN4O/c1-2-19-11-13-7-9-22(10-8-13)12-16-20-17(21-23-16)14-3-5-15(18)6-4-14/h3-6,13,19H,2,7-12H2,1H3. The van der Waals surface area contributed by atoms with Crippen molar-refractivity contribution in [2.45, 2.75) is 26.3 Å². The highest BCUT2D eigenvalue weighted by molar-refractivity contribution is 6.30. The first kappa shape index (κ1) is 16.4. The smallest absolute Gasteiger partial charge is 0.241 e.